The summed E-state index contributed by atoms with van der Waals surface area (Å²) in [6.07, 6.45) is 0. The third-order valence-electron chi connectivity index (χ3n) is 2.15. The molecule has 6 nitrogen and oxygen atoms in total. The van der Waals surface area contributed by atoms with Crippen LogP contribution < -0.4 is 0 Å². The molecule has 0 atom stereocenters. The zero-order valence-corrected chi connectivity index (χ0v) is 11.6. The van der Waals surface area contributed by atoms with E-state index in [0.717, 1.165) is 10.2 Å². The highest BCUT2D eigenvalue weighted by molar-refractivity contribution is 7.91. The molecule has 0 bridgehead atoms. The quantitative estimate of drug-likeness (QED) is 0.822. The van der Waals surface area contributed by atoms with Gasteiger partial charge in [-0.25, -0.2) is 13.1 Å². The number of rotatable bonds is 2. The van der Waals surface area contributed by atoms with Crippen molar-refractivity contribution < 1.29 is 8.42 Å². The van der Waals surface area contributed by atoms with Crippen LogP contribution in [-0.2, 0) is 16.9 Å². The minimum absolute atomic E-state index is 0.156. The number of hydrogen-bond acceptors (Lipinski definition) is 5. The smallest absolute Gasteiger partial charge is 0.219 e. The van der Waals surface area contributed by atoms with Gasteiger partial charge in [-0.15, -0.1) is 0 Å². The van der Waals surface area contributed by atoms with Gasteiger partial charge >= 0.3 is 0 Å². The molecule has 0 aliphatic carbocycles. The Labute approximate surface area is 107 Å². The lowest BCUT2D eigenvalue weighted by atomic mass is 10.2. The summed E-state index contributed by atoms with van der Waals surface area (Å²) in [6, 6.07) is 6.55. The average molecular weight is 268 g/mol. The molecule has 2 rings (SSSR count). The molecule has 0 aliphatic heterocycles. The lowest BCUT2D eigenvalue weighted by Crippen LogP contribution is -2.09. The summed E-state index contributed by atoms with van der Waals surface area (Å²) >= 11 is 0. The normalized spacial score (nSPS) is 10.7. The second kappa shape index (κ2) is 5.72. The average Bonchev–Trinajstić information content (AvgIpc) is 2.79. The van der Waals surface area contributed by atoms with Gasteiger partial charge in [0.2, 0.25) is 9.84 Å². The minimum Gasteiger partial charge on any atom is -0.219 e. The number of hydrogen-bond donors (Lipinski definition) is 0. The van der Waals surface area contributed by atoms with Gasteiger partial charge in [-0.2, -0.15) is 0 Å². The van der Waals surface area contributed by atoms with E-state index in [4.69, 9.17) is 0 Å². The molecule has 0 radical (unpaired) electrons. The maximum atomic E-state index is 12.1. The lowest BCUT2D eigenvalue weighted by molar-refractivity contribution is 0.569. The fourth-order valence-electron chi connectivity index (χ4n) is 1.27. The van der Waals surface area contributed by atoms with Crippen LogP contribution in [0.3, 0.4) is 0 Å². The van der Waals surface area contributed by atoms with E-state index < -0.39 is 9.84 Å². The molecular formula is C11H16N4O2S. The van der Waals surface area contributed by atoms with Crippen LogP contribution in [0.4, 0.5) is 0 Å². The molecule has 0 saturated carbocycles. The molecular weight excluding hydrogens is 252 g/mol. The standard InChI is InChI=1S/C9H10N4O2S.C2H6/c1-7-3-5-8(6-4-7)16(14,15)9-10-11-12-13(9)2;1-2/h3-6H,1-2H3;1-2H3. The Balaban J connectivity index is 0.000000771. The van der Waals surface area contributed by atoms with Gasteiger partial charge in [0, 0.05) is 7.05 Å². The molecule has 1 aromatic heterocycles. The first-order valence-corrected chi connectivity index (χ1v) is 7.04. The van der Waals surface area contributed by atoms with E-state index in [2.05, 4.69) is 15.5 Å². The Bertz CT molecular complexity index is 602. The van der Waals surface area contributed by atoms with Gasteiger partial charge in [-0.1, -0.05) is 36.6 Å². The number of aryl methyl sites for hydroxylation is 2. The number of aromatic nitrogens is 4. The van der Waals surface area contributed by atoms with Gasteiger partial charge in [0.25, 0.3) is 5.16 Å². The Morgan fingerprint density at radius 2 is 1.67 bits per heavy atom. The largest absolute Gasteiger partial charge is 0.272 e. The number of tetrazole rings is 1. The first-order chi connectivity index (χ1) is 8.51. The third kappa shape index (κ3) is 2.73. The molecule has 0 saturated heterocycles. The fourth-order valence-corrected chi connectivity index (χ4v) is 2.51. The van der Waals surface area contributed by atoms with Crippen LogP contribution in [0.25, 0.3) is 0 Å². The second-order valence-electron chi connectivity index (χ2n) is 3.40. The van der Waals surface area contributed by atoms with Gasteiger partial charge < -0.3 is 0 Å². The summed E-state index contributed by atoms with van der Waals surface area (Å²) in [5.41, 5.74) is 0.995. The van der Waals surface area contributed by atoms with Gasteiger partial charge in [0.05, 0.1) is 4.90 Å². The Hall–Kier alpha value is -1.76. The molecule has 0 unspecified atom stereocenters. The van der Waals surface area contributed by atoms with Crippen molar-refractivity contribution in [3.63, 3.8) is 0 Å². The van der Waals surface area contributed by atoms with Gasteiger partial charge in [-0.05, 0) is 29.5 Å². The number of nitrogens with zero attached hydrogens (tertiary/aromatic N) is 4. The molecule has 18 heavy (non-hydrogen) atoms. The van der Waals surface area contributed by atoms with E-state index in [1.807, 2.05) is 20.8 Å². The molecule has 0 N–H and O–H groups in total. The maximum absolute atomic E-state index is 12.1. The predicted octanol–water partition coefficient (Wildman–Crippen LogP) is 1.38. The third-order valence-corrected chi connectivity index (χ3v) is 3.87. The van der Waals surface area contributed by atoms with Crippen molar-refractivity contribution in [3.05, 3.63) is 29.8 Å². The van der Waals surface area contributed by atoms with Gasteiger partial charge in [-0.3, -0.25) is 0 Å². The van der Waals surface area contributed by atoms with Crippen LogP contribution in [0.1, 0.15) is 19.4 Å². The first-order valence-electron chi connectivity index (χ1n) is 5.56. The van der Waals surface area contributed by atoms with Crippen molar-refractivity contribution in [2.24, 2.45) is 7.05 Å². The van der Waals surface area contributed by atoms with Crippen LogP contribution >= 0.6 is 0 Å². The molecule has 7 heteroatoms. The highest BCUT2D eigenvalue weighted by Gasteiger charge is 2.23. The molecule has 1 heterocycles. The number of sulfone groups is 1. The van der Waals surface area contributed by atoms with Crippen LogP contribution in [0, 0.1) is 6.92 Å². The van der Waals surface area contributed by atoms with E-state index in [1.165, 1.54) is 7.05 Å². The summed E-state index contributed by atoms with van der Waals surface area (Å²) in [5.74, 6) is 0. The lowest BCUT2D eigenvalue weighted by Gasteiger charge is -2.02. The van der Waals surface area contributed by atoms with E-state index in [1.54, 1.807) is 24.3 Å². The van der Waals surface area contributed by atoms with Crippen molar-refractivity contribution in [3.8, 4) is 0 Å². The minimum atomic E-state index is -3.62. The molecule has 0 fully saturated rings. The summed E-state index contributed by atoms with van der Waals surface area (Å²) in [4.78, 5) is 0.191. The fraction of sp³-hybridized carbons (Fsp3) is 0.364. The Morgan fingerprint density at radius 1 is 1.11 bits per heavy atom. The highest BCUT2D eigenvalue weighted by Crippen LogP contribution is 2.17. The summed E-state index contributed by atoms with van der Waals surface area (Å²) in [7, 11) is -2.13. The van der Waals surface area contributed by atoms with E-state index in [9.17, 15) is 8.42 Å². The maximum Gasteiger partial charge on any atom is 0.272 e. The Kier molecular flexibility index (Phi) is 4.55. The second-order valence-corrected chi connectivity index (χ2v) is 5.24. The van der Waals surface area contributed by atoms with E-state index >= 15 is 0 Å². The molecule has 1 aromatic carbocycles. The number of benzene rings is 1. The van der Waals surface area contributed by atoms with Gasteiger partial charge in [0.1, 0.15) is 0 Å². The first kappa shape index (κ1) is 14.3. The van der Waals surface area contributed by atoms with Crippen molar-refractivity contribution in [1.29, 1.82) is 0 Å². The highest BCUT2D eigenvalue weighted by atomic mass is 32.2. The van der Waals surface area contributed by atoms with Crippen LogP contribution in [0.2, 0.25) is 0 Å². The molecule has 2 aromatic rings. The molecule has 98 valence electrons. The molecule has 0 spiro atoms. The summed E-state index contributed by atoms with van der Waals surface area (Å²) in [6.45, 7) is 5.89. The Morgan fingerprint density at radius 3 is 2.11 bits per heavy atom. The van der Waals surface area contributed by atoms with E-state index in [0.29, 0.717) is 0 Å². The zero-order chi connectivity index (χ0) is 13.8. The zero-order valence-electron chi connectivity index (χ0n) is 10.8. The van der Waals surface area contributed by atoms with Crippen molar-refractivity contribution in [2.75, 3.05) is 0 Å². The van der Waals surface area contributed by atoms with Crippen molar-refractivity contribution in [2.45, 2.75) is 30.8 Å². The topological polar surface area (TPSA) is 77.7 Å². The van der Waals surface area contributed by atoms with Crippen molar-refractivity contribution in [1.82, 2.24) is 20.2 Å². The van der Waals surface area contributed by atoms with Crippen molar-refractivity contribution >= 4 is 9.84 Å². The summed E-state index contributed by atoms with van der Waals surface area (Å²) < 4.78 is 25.3. The SMILES string of the molecule is CC.Cc1ccc(S(=O)(=O)c2nnnn2C)cc1. The monoisotopic (exact) mass is 268 g/mol. The van der Waals surface area contributed by atoms with Crippen LogP contribution in [-0.4, -0.2) is 28.6 Å². The van der Waals surface area contributed by atoms with E-state index in [-0.39, 0.29) is 10.1 Å². The molecule has 0 aliphatic rings. The molecule has 0 amide bonds. The van der Waals surface area contributed by atoms with Gasteiger partial charge in [0.15, 0.2) is 0 Å². The summed E-state index contributed by atoms with van der Waals surface area (Å²) in [5, 5.41) is 10.2. The van der Waals surface area contributed by atoms with Crippen LogP contribution in [0.15, 0.2) is 34.3 Å². The predicted molar refractivity (Wildman–Crippen MR) is 66.8 cm³/mol. The van der Waals surface area contributed by atoms with Crippen LogP contribution in [0.5, 0.6) is 0 Å².